The van der Waals surface area contributed by atoms with Crippen LogP contribution in [0.3, 0.4) is 0 Å². The zero-order valence-electron chi connectivity index (χ0n) is 22.3. The summed E-state index contributed by atoms with van der Waals surface area (Å²) in [7, 11) is 0. The molecule has 0 N–H and O–H groups in total. The van der Waals surface area contributed by atoms with Crippen molar-refractivity contribution >= 4 is 57.9 Å². The third kappa shape index (κ3) is 4.43. The summed E-state index contributed by atoms with van der Waals surface area (Å²) in [6.45, 7) is 4.09. The summed E-state index contributed by atoms with van der Waals surface area (Å²) in [5.74, 6) is 0. The topological polar surface area (TPSA) is 39.3 Å². The second kappa shape index (κ2) is 10.2. The number of hydrogen-bond acceptors (Lipinski definition) is 3. The molecule has 0 fully saturated rings. The molecule has 0 unspecified atom stereocenters. The quantitative estimate of drug-likeness (QED) is 0.205. The number of aromatic nitrogens is 2. The lowest BCUT2D eigenvalue weighted by Gasteiger charge is -2.30. The molecule has 0 saturated heterocycles. The summed E-state index contributed by atoms with van der Waals surface area (Å²) in [6, 6.07) is 23.7. The second-order valence-electron chi connectivity index (χ2n) is 10.4. The number of hydrogen-bond donors (Lipinski definition) is 0. The molecular formula is C33H24Cl3N3OS. The number of halogens is 3. The maximum atomic E-state index is 14.1. The normalized spacial score (nSPS) is 16.3. The number of rotatable bonds is 3. The molecule has 7 rings (SSSR count). The molecule has 3 aromatic carbocycles. The average Bonchev–Trinajstić information content (AvgIpc) is 3.43. The van der Waals surface area contributed by atoms with E-state index in [1.165, 1.54) is 22.5 Å². The van der Waals surface area contributed by atoms with Crippen LogP contribution in [0.25, 0.3) is 17.5 Å². The molecule has 0 radical (unpaired) electrons. The number of aryl methyl sites for hydroxylation is 2. The van der Waals surface area contributed by atoms with Gasteiger partial charge in [0.25, 0.3) is 5.56 Å². The van der Waals surface area contributed by atoms with Gasteiger partial charge >= 0.3 is 0 Å². The van der Waals surface area contributed by atoms with Gasteiger partial charge in [-0.3, -0.25) is 9.36 Å². The van der Waals surface area contributed by atoms with E-state index < -0.39 is 0 Å². The molecule has 2 aliphatic rings. The number of fused-ring (bicyclic) bond motifs is 3. The fraction of sp³-hybridized carbons (Fsp3) is 0.152. The van der Waals surface area contributed by atoms with Crippen LogP contribution in [0.15, 0.2) is 88.2 Å². The highest BCUT2D eigenvalue weighted by Crippen LogP contribution is 2.41. The predicted molar refractivity (Wildman–Crippen MR) is 169 cm³/mol. The van der Waals surface area contributed by atoms with E-state index in [0.717, 1.165) is 52.3 Å². The maximum Gasteiger partial charge on any atom is 0.271 e. The van der Waals surface area contributed by atoms with E-state index in [2.05, 4.69) is 34.9 Å². The van der Waals surface area contributed by atoms with Crippen LogP contribution in [0.2, 0.25) is 15.1 Å². The highest BCUT2D eigenvalue weighted by molar-refractivity contribution is 7.07. The fourth-order valence-electron chi connectivity index (χ4n) is 6.06. The number of allylic oxidation sites excluding steroid dienone is 1. The molecular weight excluding hydrogens is 593 g/mol. The number of nitrogens with zero attached hydrogens (tertiary/aromatic N) is 3. The minimum absolute atomic E-state index is 0.0431. The molecule has 3 heterocycles. The minimum atomic E-state index is -0.238. The Morgan fingerprint density at radius 2 is 1.71 bits per heavy atom. The molecule has 0 amide bonds. The van der Waals surface area contributed by atoms with E-state index in [1.807, 2.05) is 60.9 Å². The fourth-order valence-corrected chi connectivity index (χ4v) is 7.47. The van der Waals surface area contributed by atoms with E-state index in [9.17, 15) is 4.79 Å². The highest BCUT2D eigenvalue weighted by atomic mass is 35.5. The Bertz CT molecular complexity index is 2080. The van der Waals surface area contributed by atoms with Gasteiger partial charge in [0.2, 0.25) is 0 Å². The van der Waals surface area contributed by atoms with Gasteiger partial charge in [0.15, 0.2) is 4.80 Å². The zero-order valence-corrected chi connectivity index (χ0v) is 25.4. The maximum absolute atomic E-state index is 14.1. The van der Waals surface area contributed by atoms with Gasteiger partial charge in [0.05, 0.1) is 26.3 Å². The number of benzene rings is 3. The van der Waals surface area contributed by atoms with Gasteiger partial charge in [0, 0.05) is 27.7 Å². The van der Waals surface area contributed by atoms with Gasteiger partial charge in [-0.25, -0.2) is 4.99 Å². The molecule has 204 valence electrons. The van der Waals surface area contributed by atoms with Crippen molar-refractivity contribution in [1.82, 2.24) is 9.13 Å². The van der Waals surface area contributed by atoms with Gasteiger partial charge in [-0.1, -0.05) is 82.5 Å². The third-order valence-electron chi connectivity index (χ3n) is 7.98. The van der Waals surface area contributed by atoms with Gasteiger partial charge in [-0.15, -0.1) is 0 Å². The van der Waals surface area contributed by atoms with Crippen molar-refractivity contribution in [3.05, 3.63) is 147 Å². The summed E-state index contributed by atoms with van der Waals surface area (Å²) in [4.78, 5) is 20.0. The lowest BCUT2D eigenvalue weighted by molar-refractivity contribution is 0.585. The third-order valence-corrected chi connectivity index (χ3v) is 9.95. The molecule has 0 bridgehead atoms. The van der Waals surface area contributed by atoms with Crippen LogP contribution in [-0.4, -0.2) is 9.13 Å². The van der Waals surface area contributed by atoms with Crippen molar-refractivity contribution in [3.8, 4) is 5.69 Å². The Kier molecular flexibility index (Phi) is 6.59. The summed E-state index contributed by atoms with van der Waals surface area (Å²) in [5.41, 5.74) is 9.51. The largest absolute Gasteiger partial charge is 0.318 e. The van der Waals surface area contributed by atoms with Gasteiger partial charge in [0.1, 0.15) is 0 Å². The molecule has 1 aliphatic carbocycles. The second-order valence-corrected chi connectivity index (χ2v) is 12.7. The van der Waals surface area contributed by atoms with Crippen LogP contribution in [0.1, 0.15) is 46.1 Å². The molecule has 0 spiro atoms. The molecule has 8 heteroatoms. The smallest absolute Gasteiger partial charge is 0.271 e. The van der Waals surface area contributed by atoms with Gasteiger partial charge < -0.3 is 4.57 Å². The lowest BCUT2D eigenvalue weighted by Crippen LogP contribution is -2.38. The first-order valence-electron chi connectivity index (χ1n) is 13.3. The predicted octanol–water partition coefficient (Wildman–Crippen LogP) is 7.69. The molecule has 1 atom stereocenters. The van der Waals surface area contributed by atoms with E-state index in [-0.39, 0.29) is 11.6 Å². The first-order valence-corrected chi connectivity index (χ1v) is 15.3. The lowest BCUT2D eigenvalue weighted by atomic mass is 9.83. The first kappa shape index (κ1) is 26.5. The first-order chi connectivity index (χ1) is 19.8. The Morgan fingerprint density at radius 1 is 0.927 bits per heavy atom. The van der Waals surface area contributed by atoms with Crippen molar-refractivity contribution < 1.29 is 0 Å². The van der Waals surface area contributed by atoms with Crippen LogP contribution < -0.4 is 14.9 Å². The summed E-state index contributed by atoms with van der Waals surface area (Å²) in [5, 5.41) is 1.68. The van der Waals surface area contributed by atoms with Crippen LogP contribution in [-0.2, 0) is 6.42 Å². The standard InChI is InChI=1S/C33H24Cl3N3OS/c1-18-15-22(19(2)38(18)24-12-14-27(35)28(36)17-24)16-29-32(40)39-31(21-7-10-23(34)11-8-21)26-13-9-20-5-3-4-6-25(20)30(26)37-33(39)41-29/h3-8,10-12,14-17,31H,9,13H2,1-2H3/b29-16+/t31-/m1/s1. The summed E-state index contributed by atoms with van der Waals surface area (Å²) in [6.07, 6.45) is 3.74. The minimum Gasteiger partial charge on any atom is -0.318 e. The molecule has 2 aromatic heterocycles. The SMILES string of the molecule is Cc1cc(/C=c2/sc3n(c2=O)[C@H](c2ccc(Cl)cc2)C2=C(N=3)c3ccccc3CC2)c(C)n1-c1ccc(Cl)c(Cl)c1. The van der Waals surface area contributed by atoms with Crippen LogP contribution in [0.5, 0.6) is 0 Å². The van der Waals surface area contributed by atoms with E-state index >= 15 is 0 Å². The number of thiazole rings is 1. The van der Waals surface area contributed by atoms with E-state index in [4.69, 9.17) is 39.8 Å². The van der Waals surface area contributed by atoms with Crippen molar-refractivity contribution in [2.24, 2.45) is 4.99 Å². The van der Waals surface area contributed by atoms with Crippen LogP contribution in [0.4, 0.5) is 0 Å². The average molecular weight is 617 g/mol. The van der Waals surface area contributed by atoms with Crippen LogP contribution in [0, 0.1) is 13.8 Å². The van der Waals surface area contributed by atoms with E-state index in [0.29, 0.717) is 24.4 Å². The molecule has 5 aromatic rings. The van der Waals surface area contributed by atoms with Crippen LogP contribution >= 0.6 is 46.1 Å². The van der Waals surface area contributed by atoms with E-state index in [1.54, 1.807) is 6.07 Å². The zero-order chi connectivity index (χ0) is 28.4. The molecule has 0 saturated carbocycles. The van der Waals surface area contributed by atoms with Crippen molar-refractivity contribution in [2.45, 2.75) is 32.7 Å². The Labute approximate surface area is 256 Å². The van der Waals surface area contributed by atoms with Crippen molar-refractivity contribution in [3.63, 3.8) is 0 Å². The molecule has 4 nitrogen and oxygen atoms in total. The Balaban J connectivity index is 1.43. The summed E-state index contributed by atoms with van der Waals surface area (Å²) < 4.78 is 4.63. The monoisotopic (exact) mass is 615 g/mol. The molecule has 41 heavy (non-hydrogen) atoms. The van der Waals surface area contributed by atoms with Crippen molar-refractivity contribution in [2.75, 3.05) is 0 Å². The van der Waals surface area contributed by atoms with Gasteiger partial charge in [-0.05, 0) is 91.4 Å². The van der Waals surface area contributed by atoms with Gasteiger partial charge in [-0.2, -0.15) is 0 Å². The Morgan fingerprint density at radius 3 is 2.49 bits per heavy atom. The summed E-state index contributed by atoms with van der Waals surface area (Å²) >= 11 is 20.2. The van der Waals surface area contributed by atoms with Crippen molar-refractivity contribution in [1.29, 1.82) is 0 Å². The molecule has 1 aliphatic heterocycles. The highest BCUT2D eigenvalue weighted by Gasteiger charge is 2.32. The Hall–Kier alpha value is -3.35.